The Morgan fingerprint density at radius 3 is 2.67 bits per heavy atom. The van der Waals surface area contributed by atoms with E-state index in [1.54, 1.807) is 43.3 Å². The number of carbonyl (C=O) groups excluding carboxylic acids is 1. The van der Waals surface area contributed by atoms with Crippen LogP contribution in [0.1, 0.15) is 24.1 Å². The Bertz CT molecular complexity index is 837. The first-order valence-electron chi connectivity index (χ1n) is 8.16. The summed E-state index contributed by atoms with van der Waals surface area (Å²) < 4.78 is 11.4. The Morgan fingerprint density at radius 2 is 2.07 bits per heavy atom. The summed E-state index contributed by atoms with van der Waals surface area (Å²) in [5.41, 5.74) is 1.59. The number of halogens is 2. The summed E-state index contributed by atoms with van der Waals surface area (Å²) in [6.45, 7) is 1.80. The fraction of sp³-hybridized carbons (Fsp3) is 0.263. The number of benzene rings is 2. The number of carbonyl (C=O) groups is 1. The zero-order valence-electron chi connectivity index (χ0n) is 14.5. The first-order chi connectivity index (χ1) is 13.0. The van der Waals surface area contributed by atoms with Crippen LogP contribution in [0.2, 0.25) is 5.02 Å². The number of aliphatic hydroxyl groups is 1. The van der Waals surface area contributed by atoms with Crippen molar-refractivity contribution in [3.05, 3.63) is 57.0 Å². The molecule has 0 bridgehead atoms. The lowest BCUT2D eigenvalue weighted by Gasteiger charge is -2.22. The molecule has 0 radical (unpaired) electrons. The van der Waals surface area contributed by atoms with Gasteiger partial charge in [-0.05, 0) is 59.3 Å². The monoisotopic (exact) mass is 452 g/mol. The summed E-state index contributed by atoms with van der Waals surface area (Å²) >= 11 is 9.56. The van der Waals surface area contributed by atoms with Crippen LogP contribution in [0, 0.1) is 11.3 Å². The standard InChI is InChI=1S/C19H18BrClN2O4/c1-2-26-19(25)17(23-14-5-3-12(11-22)4-6-14)15-9-13(21)10-16(20)18(15)27-8-7-24/h3-6,9-10,17,23-24H,2,7-8H2,1H3. The summed E-state index contributed by atoms with van der Waals surface area (Å²) in [6.07, 6.45) is 0. The number of nitriles is 1. The van der Waals surface area contributed by atoms with Gasteiger partial charge in [-0.1, -0.05) is 11.6 Å². The SMILES string of the molecule is CCOC(=O)C(Nc1ccc(C#N)cc1)c1cc(Cl)cc(Br)c1OCCO. The van der Waals surface area contributed by atoms with E-state index in [2.05, 4.69) is 21.2 Å². The van der Waals surface area contributed by atoms with Crippen LogP contribution in [0.5, 0.6) is 5.75 Å². The van der Waals surface area contributed by atoms with Gasteiger partial charge in [0.15, 0.2) is 6.04 Å². The van der Waals surface area contributed by atoms with Crippen LogP contribution in [-0.2, 0) is 9.53 Å². The minimum Gasteiger partial charge on any atom is -0.490 e. The lowest BCUT2D eigenvalue weighted by Crippen LogP contribution is -2.24. The zero-order chi connectivity index (χ0) is 19.8. The summed E-state index contributed by atoms with van der Waals surface area (Å²) in [7, 11) is 0. The lowest BCUT2D eigenvalue weighted by molar-refractivity contribution is -0.144. The van der Waals surface area contributed by atoms with E-state index in [1.165, 1.54) is 0 Å². The van der Waals surface area contributed by atoms with Crippen LogP contribution in [0.25, 0.3) is 0 Å². The molecule has 0 aliphatic rings. The molecule has 142 valence electrons. The first kappa shape index (κ1) is 21.0. The van der Waals surface area contributed by atoms with E-state index >= 15 is 0 Å². The molecule has 6 nitrogen and oxygen atoms in total. The molecule has 2 aromatic rings. The van der Waals surface area contributed by atoms with Crippen LogP contribution in [0.15, 0.2) is 40.9 Å². The molecule has 0 aliphatic heterocycles. The maximum absolute atomic E-state index is 12.6. The minimum absolute atomic E-state index is 0.0552. The summed E-state index contributed by atoms with van der Waals surface area (Å²) in [5.74, 6) is -0.127. The number of aliphatic hydroxyl groups excluding tert-OH is 1. The van der Waals surface area contributed by atoms with Gasteiger partial charge in [0.25, 0.3) is 0 Å². The normalized spacial score (nSPS) is 11.4. The van der Waals surface area contributed by atoms with E-state index in [1.807, 2.05) is 6.07 Å². The highest BCUT2D eigenvalue weighted by molar-refractivity contribution is 9.10. The maximum atomic E-state index is 12.6. The van der Waals surface area contributed by atoms with E-state index in [4.69, 9.17) is 31.4 Å². The molecule has 0 aliphatic carbocycles. The topological polar surface area (TPSA) is 91.6 Å². The summed E-state index contributed by atoms with van der Waals surface area (Å²) in [6, 6.07) is 11.1. The number of ether oxygens (including phenoxy) is 2. The molecule has 0 heterocycles. The van der Waals surface area contributed by atoms with Crippen molar-refractivity contribution in [2.75, 3.05) is 25.1 Å². The molecule has 0 aromatic heterocycles. The van der Waals surface area contributed by atoms with E-state index < -0.39 is 12.0 Å². The van der Waals surface area contributed by atoms with Crippen molar-refractivity contribution < 1.29 is 19.4 Å². The highest BCUT2D eigenvalue weighted by atomic mass is 79.9. The van der Waals surface area contributed by atoms with Crippen molar-refractivity contribution in [2.24, 2.45) is 0 Å². The van der Waals surface area contributed by atoms with Gasteiger partial charge in [-0.25, -0.2) is 4.79 Å². The van der Waals surface area contributed by atoms with Crippen molar-refractivity contribution in [3.63, 3.8) is 0 Å². The van der Waals surface area contributed by atoms with Crippen LogP contribution < -0.4 is 10.1 Å². The molecular formula is C19H18BrClN2O4. The van der Waals surface area contributed by atoms with Crippen molar-refractivity contribution in [1.29, 1.82) is 5.26 Å². The van der Waals surface area contributed by atoms with Crippen molar-refractivity contribution in [1.82, 2.24) is 0 Å². The molecule has 2 aromatic carbocycles. The van der Waals surface area contributed by atoms with Crippen molar-refractivity contribution >= 4 is 39.2 Å². The molecule has 1 atom stereocenters. The molecule has 27 heavy (non-hydrogen) atoms. The first-order valence-corrected chi connectivity index (χ1v) is 9.33. The molecule has 8 heteroatoms. The molecule has 0 amide bonds. The number of hydrogen-bond donors (Lipinski definition) is 2. The van der Waals surface area contributed by atoms with E-state index in [0.29, 0.717) is 32.1 Å². The van der Waals surface area contributed by atoms with Crippen molar-refractivity contribution in [3.8, 4) is 11.8 Å². The summed E-state index contributed by atoms with van der Waals surface area (Å²) in [4.78, 5) is 12.6. The van der Waals surface area contributed by atoms with Crippen LogP contribution in [0.3, 0.4) is 0 Å². The average Bonchev–Trinajstić information content (AvgIpc) is 2.65. The van der Waals surface area contributed by atoms with E-state index in [-0.39, 0.29) is 19.8 Å². The highest BCUT2D eigenvalue weighted by Gasteiger charge is 2.27. The number of anilines is 1. The Kier molecular flexibility index (Phi) is 7.92. The predicted molar refractivity (Wildman–Crippen MR) is 106 cm³/mol. The third kappa shape index (κ3) is 5.60. The largest absolute Gasteiger partial charge is 0.490 e. The smallest absolute Gasteiger partial charge is 0.333 e. The van der Waals surface area contributed by atoms with E-state index in [0.717, 1.165) is 0 Å². The Balaban J connectivity index is 2.46. The van der Waals surface area contributed by atoms with Gasteiger partial charge in [0, 0.05) is 16.3 Å². The molecule has 0 spiro atoms. The van der Waals surface area contributed by atoms with Gasteiger partial charge in [0.1, 0.15) is 12.4 Å². The molecule has 0 saturated carbocycles. The number of esters is 1. The van der Waals surface area contributed by atoms with Gasteiger partial charge in [-0.2, -0.15) is 5.26 Å². The number of nitrogens with one attached hydrogen (secondary N) is 1. The van der Waals surface area contributed by atoms with Gasteiger partial charge in [0.2, 0.25) is 0 Å². The van der Waals surface area contributed by atoms with E-state index in [9.17, 15) is 4.79 Å². The maximum Gasteiger partial charge on any atom is 0.333 e. The van der Waals surface area contributed by atoms with Gasteiger partial charge >= 0.3 is 5.97 Å². The molecule has 0 fully saturated rings. The fourth-order valence-corrected chi connectivity index (χ4v) is 3.34. The third-order valence-corrected chi connectivity index (χ3v) is 4.34. The quantitative estimate of drug-likeness (QED) is 0.586. The fourth-order valence-electron chi connectivity index (χ4n) is 2.39. The van der Waals surface area contributed by atoms with Crippen LogP contribution in [0.4, 0.5) is 5.69 Å². The zero-order valence-corrected chi connectivity index (χ0v) is 16.9. The van der Waals surface area contributed by atoms with Crippen LogP contribution >= 0.6 is 27.5 Å². The van der Waals surface area contributed by atoms with Gasteiger partial charge < -0.3 is 19.9 Å². The molecule has 2 rings (SSSR count). The number of hydrogen-bond acceptors (Lipinski definition) is 6. The Labute approximate surface area is 170 Å². The second kappa shape index (κ2) is 10.2. The molecule has 0 saturated heterocycles. The highest BCUT2D eigenvalue weighted by Crippen LogP contribution is 2.38. The Morgan fingerprint density at radius 1 is 1.37 bits per heavy atom. The summed E-state index contributed by atoms with van der Waals surface area (Å²) in [5, 5.41) is 21.5. The molecule has 1 unspecified atom stereocenters. The Hall–Kier alpha value is -2.27. The van der Waals surface area contributed by atoms with Gasteiger partial charge in [-0.3, -0.25) is 0 Å². The van der Waals surface area contributed by atoms with Gasteiger partial charge in [0.05, 0.1) is 29.3 Å². The van der Waals surface area contributed by atoms with Gasteiger partial charge in [-0.15, -0.1) is 0 Å². The minimum atomic E-state index is -0.901. The third-order valence-electron chi connectivity index (χ3n) is 3.53. The van der Waals surface area contributed by atoms with Crippen molar-refractivity contribution in [2.45, 2.75) is 13.0 Å². The lowest BCUT2D eigenvalue weighted by atomic mass is 10.0. The number of rotatable bonds is 8. The van der Waals surface area contributed by atoms with Crippen LogP contribution in [-0.4, -0.2) is 30.9 Å². The molecular weight excluding hydrogens is 436 g/mol. The molecule has 2 N–H and O–H groups in total. The average molecular weight is 454 g/mol. The second-order valence-electron chi connectivity index (χ2n) is 5.40. The number of nitrogens with zero attached hydrogens (tertiary/aromatic N) is 1. The predicted octanol–water partition coefficient (Wildman–Crippen LogP) is 4.06. The second-order valence-corrected chi connectivity index (χ2v) is 6.69.